The van der Waals surface area contributed by atoms with Gasteiger partial charge in [-0.3, -0.25) is 0 Å². The van der Waals surface area contributed by atoms with Crippen LogP contribution in [0.3, 0.4) is 0 Å². The molecule has 2 N–H and O–H groups in total. The summed E-state index contributed by atoms with van der Waals surface area (Å²) in [5, 5.41) is 0. The van der Waals surface area contributed by atoms with Crippen LogP contribution in [0.15, 0.2) is 41.2 Å². The Morgan fingerprint density at radius 1 is 1.27 bits per heavy atom. The van der Waals surface area contributed by atoms with Crippen molar-refractivity contribution >= 4 is 0 Å². The molecule has 0 saturated heterocycles. The Hall–Kier alpha value is -1.61. The van der Waals surface area contributed by atoms with E-state index < -0.39 is 0 Å². The van der Waals surface area contributed by atoms with Crippen molar-refractivity contribution in [2.75, 3.05) is 0 Å². The van der Waals surface area contributed by atoms with Gasteiger partial charge in [-0.1, -0.05) is 12.1 Å². The Kier molecular flexibility index (Phi) is 2.56. The first kappa shape index (κ1) is 9.93. The highest BCUT2D eigenvalue weighted by Gasteiger charge is 2.11. The molecule has 0 radical (unpaired) electrons. The van der Waals surface area contributed by atoms with E-state index in [4.69, 9.17) is 10.2 Å². The molecule has 0 bridgehead atoms. The first-order valence-electron chi connectivity index (χ1n) is 4.72. The monoisotopic (exact) mass is 205 g/mol. The second-order valence-corrected chi connectivity index (χ2v) is 3.54. The third-order valence-electron chi connectivity index (χ3n) is 2.46. The van der Waals surface area contributed by atoms with E-state index in [1.54, 1.807) is 31.6 Å². The van der Waals surface area contributed by atoms with Gasteiger partial charge in [-0.2, -0.15) is 0 Å². The van der Waals surface area contributed by atoms with Crippen LogP contribution in [-0.2, 0) is 0 Å². The summed E-state index contributed by atoms with van der Waals surface area (Å²) in [7, 11) is 0. The van der Waals surface area contributed by atoms with Gasteiger partial charge in [-0.25, -0.2) is 4.39 Å². The van der Waals surface area contributed by atoms with Crippen molar-refractivity contribution in [1.82, 2.24) is 0 Å². The average Bonchev–Trinajstić information content (AvgIpc) is 2.74. The molecule has 0 fully saturated rings. The van der Waals surface area contributed by atoms with Gasteiger partial charge in [0.25, 0.3) is 0 Å². The molecule has 1 heterocycles. The number of benzene rings is 1. The summed E-state index contributed by atoms with van der Waals surface area (Å²) in [5.74, 6) is -0.230. The summed E-state index contributed by atoms with van der Waals surface area (Å²) in [6.45, 7) is 1.72. The molecule has 2 rings (SSSR count). The summed E-state index contributed by atoms with van der Waals surface area (Å²) in [6.07, 6.45) is 3.13. The van der Waals surface area contributed by atoms with Gasteiger partial charge in [-0.05, 0) is 30.2 Å². The van der Waals surface area contributed by atoms with E-state index in [1.165, 1.54) is 6.07 Å². The summed E-state index contributed by atoms with van der Waals surface area (Å²) < 4.78 is 18.2. The third kappa shape index (κ3) is 1.92. The lowest BCUT2D eigenvalue weighted by atomic mass is 10.0. The van der Waals surface area contributed by atoms with Gasteiger partial charge in [0.05, 0.1) is 18.6 Å². The van der Waals surface area contributed by atoms with Crippen LogP contribution < -0.4 is 5.73 Å². The maximum Gasteiger partial charge on any atom is 0.126 e. The molecule has 0 aliphatic rings. The summed E-state index contributed by atoms with van der Waals surface area (Å²) in [4.78, 5) is 0. The Balaban J connectivity index is 2.34. The lowest BCUT2D eigenvalue weighted by Gasteiger charge is -2.10. The minimum atomic E-state index is -0.334. The first-order valence-corrected chi connectivity index (χ1v) is 4.72. The van der Waals surface area contributed by atoms with Crippen molar-refractivity contribution in [2.45, 2.75) is 13.0 Å². The number of furan rings is 1. The van der Waals surface area contributed by atoms with Gasteiger partial charge in [0.15, 0.2) is 0 Å². The summed E-state index contributed by atoms with van der Waals surface area (Å²) >= 11 is 0. The molecule has 1 atom stereocenters. The second kappa shape index (κ2) is 3.87. The van der Waals surface area contributed by atoms with Gasteiger partial charge in [-0.15, -0.1) is 0 Å². The second-order valence-electron chi connectivity index (χ2n) is 3.54. The number of hydrogen-bond donors (Lipinski definition) is 1. The van der Waals surface area contributed by atoms with Crippen molar-refractivity contribution in [3.05, 3.63) is 59.3 Å². The Bertz CT molecular complexity index is 451. The molecule has 1 aromatic carbocycles. The molecule has 1 aromatic heterocycles. The number of aryl methyl sites for hydroxylation is 1. The first-order chi connectivity index (χ1) is 7.18. The summed E-state index contributed by atoms with van der Waals surface area (Å²) in [6, 6.07) is 6.47. The number of rotatable bonds is 2. The highest BCUT2D eigenvalue weighted by atomic mass is 19.1. The number of nitrogens with two attached hydrogens (primary N) is 1. The van der Waals surface area contributed by atoms with Crippen LogP contribution in [0.25, 0.3) is 0 Å². The highest BCUT2D eigenvalue weighted by Crippen LogP contribution is 2.21. The van der Waals surface area contributed by atoms with E-state index in [2.05, 4.69) is 0 Å². The van der Waals surface area contributed by atoms with Crippen LogP contribution in [0.5, 0.6) is 0 Å². The molecule has 0 aliphatic heterocycles. The minimum absolute atomic E-state index is 0.230. The van der Waals surface area contributed by atoms with E-state index >= 15 is 0 Å². The molecule has 3 heteroatoms. The molecule has 0 saturated carbocycles. The molecule has 78 valence electrons. The van der Waals surface area contributed by atoms with Gasteiger partial charge in [0.2, 0.25) is 0 Å². The smallest absolute Gasteiger partial charge is 0.126 e. The van der Waals surface area contributed by atoms with Gasteiger partial charge in [0.1, 0.15) is 5.82 Å². The van der Waals surface area contributed by atoms with Crippen LogP contribution in [0.2, 0.25) is 0 Å². The number of halogens is 1. The lowest BCUT2D eigenvalue weighted by molar-refractivity contribution is 0.561. The van der Waals surface area contributed by atoms with Crippen LogP contribution in [0.4, 0.5) is 4.39 Å². The number of hydrogen-bond acceptors (Lipinski definition) is 2. The molecule has 2 nitrogen and oxygen atoms in total. The lowest BCUT2D eigenvalue weighted by Crippen LogP contribution is -2.11. The molecule has 1 unspecified atom stereocenters. The molecule has 0 spiro atoms. The van der Waals surface area contributed by atoms with Crippen molar-refractivity contribution in [3.8, 4) is 0 Å². The average molecular weight is 205 g/mol. The Labute approximate surface area is 87.5 Å². The Morgan fingerprint density at radius 3 is 2.67 bits per heavy atom. The molecular formula is C12H12FNO. The third-order valence-corrected chi connectivity index (χ3v) is 2.46. The fourth-order valence-corrected chi connectivity index (χ4v) is 1.45. The van der Waals surface area contributed by atoms with Crippen LogP contribution in [0.1, 0.15) is 22.7 Å². The zero-order valence-electron chi connectivity index (χ0n) is 8.41. The van der Waals surface area contributed by atoms with Gasteiger partial charge < -0.3 is 10.2 Å². The van der Waals surface area contributed by atoms with Crippen LogP contribution in [0, 0.1) is 12.7 Å². The Morgan fingerprint density at radius 2 is 2.07 bits per heavy atom. The van der Waals surface area contributed by atoms with Crippen molar-refractivity contribution in [2.24, 2.45) is 5.73 Å². The minimum Gasteiger partial charge on any atom is -0.472 e. The van der Waals surface area contributed by atoms with Gasteiger partial charge in [0, 0.05) is 5.56 Å². The topological polar surface area (TPSA) is 39.2 Å². The molecular weight excluding hydrogens is 193 g/mol. The van der Waals surface area contributed by atoms with E-state index in [-0.39, 0.29) is 11.9 Å². The molecule has 15 heavy (non-hydrogen) atoms. The fourth-order valence-electron chi connectivity index (χ4n) is 1.45. The SMILES string of the molecule is Cc1ccc(C(N)c2ccoc2)cc1F. The van der Waals surface area contributed by atoms with Crippen molar-refractivity contribution in [3.63, 3.8) is 0 Å². The fraction of sp³-hybridized carbons (Fsp3) is 0.167. The van der Waals surface area contributed by atoms with E-state index in [1.807, 2.05) is 6.07 Å². The zero-order valence-corrected chi connectivity index (χ0v) is 8.41. The predicted octanol–water partition coefficient (Wildman–Crippen LogP) is 2.78. The van der Waals surface area contributed by atoms with Crippen molar-refractivity contribution in [1.29, 1.82) is 0 Å². The standard InChI is InChI=1S/C12H12FNO/c1-8-2-3-9(6-11(8)13)12(14)10-4-5-15-7-10/h2-7,12H,14H2,1H3. The quantitative estimate of drug-likeness (QED) is 0.818. The molecule has 0 aliphatic carbocycles. The largest absolute Gasteiger partial charge is 0.472 e. The normalized spacial score (nSPS) is 12.7. The van der Waals surface area contributed by atoms with E-state index in [0.717, 1.165) is 11.1 Å². The predicted molar refractivity (Wildman–Crippen MR) is 55.9 cm³/mol. The van der Waals surface area contributed by atoms with E-state index in [9.17, 15) is 4.39 Å². The van der Waals surface area contributed by atoms with Crippen LogP contribution in [-0.4, -0.2) is 0 Å². The zero-order chi connectivity index (χ0) is 10.8. The highest BCUT2D eigenvalue weighted by molar-refractivity contribution is 5.31. The molecule has 0 amide bonds. The van der Waals surface area contributed by atoms with Gasteiger partial charge >= 0.3 is 0 Å². The summed E-state index contributed by atoms with van der Waals surface area (Å²) in [5.41, 5.74) is 8.17. The van der Waals surface area contributed by atoms with Crippen molar-refractivity contribution < 1.29 is 8.81 Å². The van der Waals surface area contributed by atoms with Crippen LogP contribution >= 0.6 is 0 Å². The van der Waals surface area contributed by atoms with E-state index in [0.29, 0.717) is 5.56 Å². The maximum absolute atomic E-state index is 13.3. The maximum atomic E-state index is 13.3. The molecule has 2 aromatic rings.